The van der Waals surface area contributed by atoms with Crippen molar-refractivity contribution in [3.8, 4) is 16.8 Å². The molecule has 5 aromatic rings. The molecule has 0 radical (unpaired) electrons. The third-order valence-electron chi connectivity index (χ3n) is 7.61. The van der Waals surface area contributed by atoms with Gasteiger partial charge in [-0.3, -0.25) is 9.78 Å². The van der Waals surface area contributed by atoms with E-state index in [0.717, 1.165) is 70.1 Å². The predicted octanol–water partition coefficient (Wildman–Crippen LogP) is 5.57. The maximum absolute atomic E-state index is 12.3. The number of fused-ring (bicyclic) bond motifs is 2. The molecule has 2 aromatic carbocycles. The van der Waals surface area contributed by atoms with Gasteiger partial charge in [0.2, 0.25) is 0 Å². The van der Waals surface area contributed by atoms with E-state index in [1.807, 2.05) is 47.3 Å². The van der Waals surface area contributed by atoms with Crippen LogP contribution in [0.25, 0.3) is 38.8 Å². The van der Waals surface area contributed by atoms with E-state index in [2.05, 4.69) is 36.3 Å². The van der Waals surface area contributed by atoms with Crippen LogP contribution in [-0.2, 0) is 0 Å². The lowest BCUT2D eigenvalue weighted by Crippen LogP contribution is -2.29. The van der Waals surface area contributed by atoms with Gasteiger partial charge in [-0.2, -0.15) is 5.10 Å². The zero-order valence-electron chi connectivity index (χ0n) is 22.1. The van der Waals surface area contributed by atoms with Gasteiger partial charge in [0, 0.05) is 35.1 Å². The molecule has 0 atom stereocenters. The van der Waals surface area contributed by atoms with Crippen molar-refractivity contribution in [2.24, 2.45) is 5.73 Å². The first-order chi connectivity index (χ1) is 18.9. The van der Waals surface area contributed by atoms with Crippen molar-refractivity contribution in [3.05, 3.63) is 78.2 Å². The molecule has 4 N–H and O–H groups in total. The van der Waals surface area contributed by atoms with Crippen molar-refractivity contribution in [1.29, 1.82) is 0 Å². The van der Waals surface area contributed by atoms with Crippen molar-refractivity contribution in [2.45, 2.75) is 57.6 Å². The first kappa shape index (κ1) is 25.0. The predicted molar refractivity (Wildman–Crippen MR) is 154 cm³/mol. The van der Waals surface area contributed by atoms with E-state index in [0.29, 0.717) is 11.3 Å². The van der Waals surface area contributed by atoms with Crippen LogP contribution in [0.4, 0.5) is 5.69 Å². The lowest BCUT2D eigenvalue weighted by atomic mass is 9.92. The highest BCUT2D eigenvalue weighted by atomic mass is 16.3. The second-order valence-electron chi connectivity index (χ2n) is 10.7. The van der Waals surface area contributed by atoms with E-state index >= 15 is 0 Å². The summed E-state index contributed by atoms with van der Waals surface area (Å²) < 4.78 is 1.85. The highest BCUT2D eigenvalue weighted by Crippen LogP contribution is 2.36. The van der Waals surface area contributed by atoms with Gasteiger partial charge in [0.05, 0.1) is 34.0 Å². The highest BCUT2D eigenvalue weighted by Gasteiger charge is 2.23. The molecule has 8 heteroatoms. The van der Waals surface area contributed by atoms with Crippen molar-refractivity contribution in [1.82, 2.24) is 19.7 Å². The van der Waals surface area contributed by atoms with E-state index < -0.39 is 5.91 Å². The first-order valence-electron chi connectivity index (χ1n) is 13.5. The monoisotopic (exact) mass is 520 g/mol. The average molecular weight is 521 g/mol. The van der Waals surface area contributed by atoms with Crippen molar-refractivity contribution >= 4 is 33.5 Å². The number of rotatable bonds is 6. The Hall–Kier alpha value is -4.30. The number of pyridine rings is 2. The van der Waals surface area contributed by atoms with Crippen LogP contribution in [0.15, 0.2) is 67.0 Å². The van der Waals surface area contributed by atoms with Gasteiger partial charge in [-0.25, -0.2) is 9.67 Å². The van der Waals surface area contributed by atoms with Crippen LogP contribution in [0.2, 0.25) is 0 Å². The summed E-state index contributed by atoms with van der Waals surface area (Å²) in [6.45, 7) is 4.25. The molecule has 0 aliphatic heterocycles. The molecule has 0 bridgehead atoms. The fourth-order valence-electron chi connectivity index (χ4n) is 5.55. The Bertz CT molecular complexity index is 1680. The normalized spacial score (nSPS) is 17.6. The van der Waals surface area contributed by atoms with Gasteiger partial charge in [0.25, 0.3) is 5.91 Å². The number of aliphatic hydroxyl groups excluding tert-OH is 1. The Balaban J connectivity index is 1.48. The van der Waals surface area contributed by atoms with Gasteiger partial charge < -0.3 is 16.2 Å². The van der Waals surface area contributed by atoms with Gasteiger partial charge >= 0.3 is 0 Å². The van der Waals surface area contributed by atoms with Crippen molar-refractivity contribution in [2.75, 3.05) is 5.32 Å². The quantitative estimate of drug-likeness (QED) is 0.269. The number of hydrogen-bond donors (Lipinski definition) is 3. The number of para-hydroxylation sites is 1. The number of nitrogens with two attached hydrogens (primary N) is 1. The molecule has 3 heterocycles. The number of benzene rings is 2. The number of primary amides is 1. The number of carbonyl (C=O) groups excluding carboxylic acids is 1. The molecule has 6 rings (SSSR count). The smallest absolute Gasteiger partial charge is 0.250 e. The number of nitrogens with one attached hydrogen (secondary N) is 1. The number of hydrogen-bond acceptors (Lipinski definition) is 6. The van der Waals surface area contributed by atoms with Gasteiger partial charge in [0.1, 0.15) is 0 Å². The van der Waals surface area contributed by atoms with Crippen LogP contribution >= 0.6 is 0 Å². The molecule has 1 saturated carbocycles. The van der Waals surface area contributed by atoms with Crippen molar-refractivity contribution < 1.29 is 9.90 Å². The van der Waals surface area contributed by atoms with Crippen LogP contribution in [0.5, 0.6) is 0 Å². The molecule has 1 amide bonds. The number of aliphatic hydroxyl groups is 1. The number of carbonyl (C=O) groups is 1. The summed E-state index contributed by atoms with van der Waals surface area (Å²) in [5.41, 5.74) is 12.3. The number of amides is 1. The topological polar surface area (TPSA) is 119 Å². The summed E-state index contributed by atoms with van der Waals surface area (Å²) >= 11 is 0. The number of nitrogens with zero attached hydrogens (tertiary/aromatic N) is 4. The summed E-state index contributed by atoms with van der Waals surface area (Å²) in [7, 11) is 0. The molecule has 1 fully saturated rings. The maximum Gasteiger partial charge on any atom is 0.250 e. The van der Waals surface area contributed by atoms with E-state index in [1.165, 1.54) is 0 Å². The number of aromatic nitrogens is 4. The van der Waals surface area contributed by atoms with E-state index in [1.54, 1.807) is 12.3 Å². The zero-order valence-corrected chi connectivity index (χ0v) is 22.1. The molecule has 0 unspecified atom stereocenters. The summed E-state index contributed by atoms with van der Waals surface area (Å²) in [6, 6.07) is 18.0. The lowest BCUT2D eigenvalue weighted by Gasteiger charge is -2.27. The van der Waals surface area contributed by atoms with E-state index in [9.17, 15) is 9.90 Å². The first-order valence-corrected chi connectivity index (χ1v) is 13.5. The Labute approximate surface area is 226 Å². The second kappa shape index (κ2) is 10.1. The van der Waals surface area contributed by atoms with Gasteiger partial charge in [-0.1, -0.05) is 32.0 Å². The molecule has 198 valence electrons. The fraction of sp³-hybridized carbons (Fsp3) is 0.290. The molecule has 1 aliphatic rings. The third-order valence-corrected chi connectivity index (χ3v) is 7.61. The second-order valence-corrected chi connectivity index (χ2v) is 10.7. The van der Waals surface area contributed by atoms with Crippen LogP contribution in [0.1, 0.15) is 61.5 Å². The fourth-order valence-corrected chi connectivity index (χ4v) is 5.55. The summed E-state index contributed by atoms with van der Waals surface area (Å²) in [4.78, 5) is 21.7. The van der Waals surface area contributed by atoms with Gasteiger partial charge in [-0.05, 0) is 73.6 Å². The minimum Gasteiger partial charge on any atom is -0.393 e. The van der Waals surface area contributed by atoms with Gasteiger partial charge in [0.15, 0.2) is 5.65 Å². The highest BCUT2D eigenvalue weighted by molar-refractivity contribution is 6.00. The molecule has 39 heavy (non-hydrogen) atoms. The minimum atomic E-state index is -0.489. The Morgan fingerprint density at radius 3 is 2.62 bits per heavy atom. The Morgan fingerprint density at radius 2 is 1.85 bits per heavy atom. The molecule has 1 aliphatic carbocycles. The van der Waals surface area contributed by atoms with Crippen LogP contribution in [-0.4, -0.2) is 42.9 Å². The molecule has 8 nitrogen and oxygen atoms in total. The SMILES string of the molecule is CC(C)c1nn(-c2ccc(C(N)=O)c(NC3CCC(O)CC3)c2)c2nccc(-c3cnc4ccccc4c3)c12. The molecule has 0 saturated heterocycles. The van der Waals surface area contributed by atoms with E-state index in [-0.39, 0.29) is 18.1 Å². The summed E-state index contributed by atoms with van der Waals surface area (Å²) in [6.07, 6.45) is 6.59. The minimum absolute atomic E-state index is 0.154. The molecular weight excluding hydrogens is 488 g/mol. The average Bonchev–Trinajstić information content (AvgIpc) is 3.34. The molecular formula is C31H32N6O2. The maximum atomic E-state index is 12.3. The zero-order chi connectivity index (χ0) is 27.1. The molecule has 3 aromatic heterocycles. The van der Waals surface area contributed by atoms with Gasteiger partial charge in [-0.15, -0.1) is 0 Å². The van der Waals surface area contributed by atoms with E-state index in [4.69, 9.17) is 15.8 Å². The Kier molecular flexibility index (Phi) is 6.48. The van der Waals surface area contributed by atoms with Crippen LogP contribution in [0.3, 0.4) is 0 Å². The summed E-state index contributed by atoms with van der Waals surface area (Å²) in [5, 5.41) is 20.5. The molecule has 0 spiro atoms. The Morgan fingerprint density at radius 1 is 1.05 bits per heavy atom. The standard InChI is InChI=1S/C31H32N6O2/c1-18(2)29-28-24(20-15-19-5-3-4-6-26(19)34-17-20)13-14-33-31(28)37(36-29)22-9-12-25(30(32)39)27(16-22)35-21-7-10-23(38)11-8-21/h3-6,9,12-18,21,23,35,38H,7-8,10-11H2,1-2H3,(H2,32,39). The largest absolute Gasteiger partial charge is 0.393 e. The third kappa shape index (κ3) is 4.72. The lowest BCUT2D eigenvalue weighted by molar-refractivity contribution is 0.100. The van der Waals surface area contributed by atoms with Crippen LogP contribution in [0, 0.1) is 0 Å². The summed E-state index contributed by atoms with van der Waals surface area (Å²) in [5.74, 6) is -0.335. The van der Waals surface area contributed by atoms with Crippen molar-refractivity contribution in [3.63, 3.8) is 0 Å². The van der Waals surface area contributed by atoms with Crippen LogP contribution < -0.4 is 11.1 Å². The number of anilines is 1.